The van der Waals surface area contributed by atoms with Crippen LogP contribution in [-0.2, 0) is 0 Å². The molecule has 9 heavy (non-hydrogen) atoms. The van der Waals surface area contributed by atoms with E-state index in [9.17, 15) is 0 Å². The quantitative estimate of drug-likeness (QED) is 0.563. The molecule has 0 bridgehead atoms. The van der Waals surface area contributed by atoms with Gasteiger partial charge in [0.15, 0.2) is 0 Å². The number of rotatable bonds is 1. The van der Waals surface area contributed by atoms with Crippen LogP contribution in [0.1, 0.15) is 25.7 Å². The van der Waals surface area contributed by atoms with Crippen molar-refractivity contribution in [3.8, 4) is 0 Å². The fourth-order valence-corrected chi connectivity index (χ4v) is 2.36. The lowest BCUT2D eigenvalue weighted by Gasteiger charge is -2.29. The fourth-order valence-electron chi connectivity index (χ4n) is 2.36. The summed E-state index contributed by atoms with van der Waals surface area (Å²) in [6.45, 7) is 0.438. The van der Waals surface area contributed by atoms with Crippen LogP contribution in [0.25, 0.3) is 0 Å². The van der Waals surface area contributed by atoms with Crippen LogP contribution in [0.5, 0.6) is 0 Å². The Morgan fingerprint density at radius 2 is 1.67 bits per heavy atom. The Balaban J connectivity index is 1.91. The van der Waals surface area contributed by atoms with E-state index in [2.05, 4.69) is 0 Å². The molecule has 0 aromatic rings. The van der Waals surface area contributed by atoms with Crippen molar-refractivity contribution in [3.63, 3.8) is 0 Å². The molecule has 0 aromatic heterocycles. The molecule has 2 saturated carbocycles. The Morgan fingerprint density at radius 1 is 1.11 bits per heavy atom. The van der Waals surface area contributed by atoms with Gasteiger partial charge in [0.25, 0.3) is 0 Å². The molecule has 1 N–H and O–H groups in total. The van der Waals surface area contributed by atoms with Gasteiger partial charge in [0, 0.05) is 6.61 Å². The lowest BCUT2D eigenvalue weighted by molar-refractivity contribution is 0.219. The van der Waals surface area contributed by atoms with E-state index < -0.39 is 0 Å². The molecule has 0 amide bonds. The Morgan fingerprint density at radius 3 is 2.00 bits per heavy atom. The normalized spacial score (nSPS) is 48.3. The molecule has 2 aliphatic carbocycles. The zero-order valence-electron chi connectivity index (χ0n) is 5.71. The van der Waals surface area contributed by atoms with E-state index in [1.807, 2.05) is 0 Å². The minimum absolute atomic E-state index is 0.438. The standard InChI is InChI=1S/C8H14O/c9-5-6-3-7-1-2-8(7)4-6/h6-9H,1-5H2/t6?,7-,8+. The van der Waals surface area contributed by atoms with Gasteiger partial charge < -0.3 is 5.11 Å². The average Bonchev–Trinajstić information content (AvgIpc) is 2.10. The van der Waals surface area contributed by atoms with Crippen molar-refractivity contribution in [3.05, 3.63) is 0 Å². The zero-order chi connectivity index (χ0) is 6.27. The van der Waals surface area contributed by atoms with Gasteiger partial charge in [-0.3, -0.25) is 0 Å². The topological polar surface area (TPSA) is 20.2 Å². The highest BCUT2D eigenvalue weighted by molar-refractivity contribution is 4.90. The van der Waals surface area contributed by atoms with E-state index in [1.165, 1.54) is 25.7 Å². The molecule has 2 fully saturated rings. The minimum atomic E-state index is 0.438. The zero-order valence-corrected chi connectivity index (χ0v) is 5.71. The van der Waals surface area contributed by atoms with Crippen molar-refractivity contribution in [2.24, 2.45) is 17.8 Å². The molecule has 0 saturated heterocycles. The number of fused-ring (bicyclic) bond motifs is 1. The summed E-state index contributed by atoms with van der Waals surface area (Å²) in [4.78, 5) is 0. The van der Waals surface area contributed by atoms with E-state index in [4.69, 9.17) is 5.11 Å². The number of aliphatic hydroxyl groups excluding tert-OH is 1. The van der Waals surface area contributed by atoms with E-state index >= 15 is 0 Å². The largest absolute Gasteiger partial charge is 0.396 e. The van der Waals surface area contributed by atoms with Gasteiger partial charge in [-0.05, 0) is 43.4 Å². The first-order valence-electron chi connectivity index (χ1n) is 4.01. The van der Waals surface area contributed by atoms with Crippen molar-refractivity contribution in [2.45, 2.75) is 25.7 Å². The van der Waals surface area contributed by atoms with Crippen LogP contribution < -0.4 is 0 Å². The molecular weight excluding hydrogens is 112 g/mol. The highest BCUT2D eigenvalue weighted by atomic mass is 16.3. The van der Waals surface area contributed by atoms with Gasteiger partial charge in [0.1, 0.15) is 0 Å². The van der Waals surface area contributed by atoms with Crippen LogP contribution in [0.2, 0.25) is 0 Å². The summed E-state index contributed by atoms with van der Waals surface area (Å²) in [5.74, 6) is 2.70. The molecule has 0 aliphatic heterocycles. The summed E-state index contributed by atoms with van der Waals surface area (Å²) in [5, 5.41) is 8.83. The third-order valence-electron chi connectivity index (χ3n) is 3.11. The Bertz CT molecular complexity index is 99.1. The molecule has 1 unspecified atom stereocenters. The number of aliphatic hydroxyl groups is 1. The molecule has 2 rings (SSSR count). The van der Waals surface area contributed by atoms with Gasteiger partial charge in [-0.2, -0.15) is 0 Å². The van der Waals surface area contributed by atoms with Crippen LogP contribution in [0, 0.1) is 17.8 Å². The maximum Gasteiger partial charge on any atom is 0.0459 e. The highest BCUT2D eigenvalue weighted by Crippen LogP contribution is 2.49. The molecule has 3 atom stereocenters. The first-order chi connectivity index (χ1) is 4.40. The molecule has 0 aromatic carbocycles. The second-order valence-electron chi connectivity index (χ2n) is 3.62. The first kappa shape index (κ1) is 5.72. The van der Waals surface area contributed by atoms with Crippen LogP contribution >= 0.6 is 0 Å². The first-order valence-corrected chi connectivity index (χ1v) is 4.01. The van der Waals surface area contributed by atoms with Gasteiger partial charge >= 0.3 is 0 Å². The minimum Gasteiger partial charge on any atom is -0.396 e. The molecule has 52 valence electrons. The lowest BCUT2D eigenvalue weighted by atomic mass is 9.77. The Hall–Kier alpha value is -0.0400. The van der Waals surface area contributed by atoms with Crippen molar-refractivity contribution in [1.82, 2.24) is 0 Å². The van der Waals surface area contributed by atoms with Crippen molar-refractivity contribution >= 4 is 0 Å². The second kappa shape index (κ2) is 1.98. The summed E-state index contributed by atoms with van der Waals surface area (Å²) < 4.78 is 0. The van der Waals surface area contributed by atoms with E-state index in [0.29, 0.717) is 12.5 Å². The predicted molar refractivity (Wildman–Crippen MR) is 36.0 cm³/mol. The molecule has 1 nitrogen and oxygen atoms in total. The van der Waals surface area contributed by atoms with Gasteiger partial charge in [-0.15, -0.1) is 0 Å². The van der Waals surface area contributed by atoms with Crippen LogP contribution in [0.15, 0.2) is 0 Å². The number of hydrogen-bond acceptors (Lipinski definition) is 1. The van der Waals surface area contributed by atoms with Gasteiger partial charge in [-0.1, -0.05) is 0 Å². The lowest BCUT2D eigenvalue weighted by Crippen LogP contribution is -2.18. The summed E-state index contributed by atoms with van der Waals surface area (Å²) in [6.07, 6.45) is 5.53. The molecule has 2 aliphatic rings. The predicted octanol–water partition coefficient (Wildman–Crippen LogP) is 1.41. The van der Waals surface area contributed by atoms with Gasteiger partial charge in [-0.25, -0.2) is 0 Å². The maximum absolute atomic E-state index is 8.83. The van der Waals surface area contributed by atoms with Crippen molar-refractivity contribution < 1.29 is 5.11 Å². The van der Waals surface area contributed by atoms with Crippen LogP contribution in [0.4, 0.5) is 0 Å². The smallest absolute Gasteiger partial charge is 0.0459 e. The maximum atomic E-state index is 8.83. The van der Waals surface area contributed by atoms with Crippen LogP contribution in [0.3, 0.4) is 0 Å². The molecule has 0 spiro atoms. The Labute approximate surface area is 56.1 Å². The van der Waals surface area contributed by atoms with E-state index in [1.54, 1.807) is 0 Å². The van der Waals surface area contributed by atoms with E-state index in [0.717, 1.165) is 11.8 Å². The second-order valence-corrected chi connectivity index (χ2v) is 3.62. The van der Waals surface area contributed by atoms with Crippen LogP contribution in [-0.4, -0.2) is 11.7 Å². The molecule has 1 heteroatoms. The Kier molecular flexibility index (Phi) is 1.26. The van der Waals surface area contributed by atoms with Gasteiger partial charge in [0.2, 0.25) is 0 Å². The summed E-state index contributed by atoms with van der Waals surface area (Å²) in [5.41, 5.74) is 0. The molecular formula is C8H14O. The number of hydrogen-bond donors (Lipinski definition) is 1. The third kappa shape index (κ3) is 0.787. The SMILES string of the molecule is OCC1C[C@H]2CC[C@H]2C1. The monoisotopic (exact) mass is 126 g/mol. The molecule has 0 radical (unpaired) electrons. The average molecular weight is 126 g/mol. The summed E-state index contributed by atoms with van der Waals surface area (Å²) in [7, 11) is 0. The third-order valence-corrected chi connectivity index (χ3v) is 3.11. The fraction of sp³-hybridized carbons (Fsp3) is 1.00. The van der Waals surface area contributed by atoms with Crippen molar-refractivity contribution in [2.75, 3.05) is 6.61 Å². The summed E-state index contributed by atoms with van der Waals surface area (Å²) in [6, 6.07) is 0. The van der Waals surface area contributed by atoms with E-state index in [-0.39, 0.29) is 0 Å². The summed E-state index contributed by atoms with van der Waals surface area (Å²) >= 11 is 0. The highest BCUT2D eigenvalue weighted by Gasteiger charge is 2.39. The molecule has 0 heterocycles. The van der Waals surface area contributed by atoms with Crippen molar-refractivity contribution in [1.29, 1.82) is 0 Å². The van der Waals surface area contributed by atoms with Gasteiger partial charge in [0.05, 0.1) is 0 Å².